The summed E-state index contributed by atoms with van der Waals surface area (Å²) < 4.78 is 12.9. The molecular weight excluding hydrogens is 186 g/mol. The average molecular weight is 191 g/mol. The first-order valence-electron chi connectivity index (χ1n) is 2.92. The molecule has 0 radical (unpaired) electrons. The van der Waals surface area contributed by atoms with Crippen molar-refractivity contribution in [1.29, 1.82) is 0 Å². The molecule has 1 aromatic carbocycles. The lowest BCUT2D eigenvalue weighted by atomic mass is 10.2. The number of hydrogen-bond donors (Lipinski definition) is 0. The van der Waals surface area contributed by atoms with Crippen LogP contribution in [-0.4, -0.2) is 0 Å². The van der Waals surface area contributed by atoms with Gasteiger partial charge in [0, 0.05) is 10.6 Å². The Morgan fingerprint density at radius 2 is 2.00 bits per heavy atom. The largest absolute Gasteiger partial charge is 0.205 e. The summed E-state index contributed by atoms with van der Waals surface area (Å²) in [4.78, 5) is 0. The van der Waals surface area contributed by atoms with Crippen molar-refractivity contribution in [2.75, 3.05) is 0 Å². The molecule has 11 heavy (non-hydrogen) atoms. The summed E-state index contributed by atoms with van der Waals surface area (Å²) in [5.41, 5.74) is 0.322. The lowest BCUT2D eigenvalue weighted by Gasteiger charge is -1.99. The minimum absolute atomic E-state index is 0.0207. The van der Waals surface area contributed by atoms with Gasteiger partial charge in [-0.15, -0.1) is 0 Å². The van der Waals surface area contributed by atoms with Crippen molar-refractivity contribution in [2.24, 2.45) is 0 Å². The molecule has 0 unspecified atom stereocenters. The first-order chi connectivity index (χ1) is 5.15. The molecule has 3 heteroatoms. The maximum atomic E-state index is 12.9. The molecule has 1 aromatic rings. The van der Waals surface area contributed by atoms with Crippen LogP contribution in [0, 0.1) is 5.82 Å². The fraction of sp³-hybridized carbons (Fsp3) is 0. The molecule has 1 rings (SSSR count). The van der Waals surface area contributed by atoms with Crippen molar-refractivity contribution in [3.05, 3.63) is 40.1 Å². The Morgan fingerprint density at radius 3 is 2.55 bits per heavy atom. The standard InChI is InChI=1S/C8H5Cl2F/c1-2-5-3-6(9)4-7(10)8(5)11/h2-4H,1H2. The van der Waals surface area contributed by atoms with Gasteiger partial charge < -0.3 is 0 Å². The molecule has 0 aliphatic carbocycles. The van der Waals surface area contributed by atoms with E-state index in [1.54, 1.807) is 0 Å². The van der Waals surface area contributed by atoms with Gasteiger partial charge in [0.25, 0.3) is 0 Å². The number of benzene rings is 1. The molecule has 0 aliphatic rings. The molecule has 0 spiro atoms. The number of halogens is 3. The minimum Gasteiger partial charge on any atom is -0.205 e. The fourth-order valence-electron chi connectivity index (χ4n) is 0.724. The van der Waals surface area contributed by atoms with Crippen LogP contribution < -0.4 is 0 Å². The summed E-state index contributed by atoms with van der Waals surface area (Å²) >= 11 is 11.1. The third-order valence-corrected chi connectivity index (χ3v) is 1.73. The lowest BCUT2D eigenvalue weighted by molar-refractivity contribution is 0.625. The van der Waals surface area contributed by atoms with Crippen LogP contribution in [0.1, 0.15) is 5.56 Å². The summed E-state index contributed by atoms with van der Waals surface area (Å²) in [5, 5.41) is 0.429. The third kappa shape index (κ3) is 1.73. The van der Waals surface area contributed by atoms with Crippen molar-refractivity contribution < 1.29 is 4.39 Å². The van der Waals surface area contributed by atoms with Crippen LogP contribution in [0.2, 0.25) is 10.0 Å². The van der Waals surface area contributed by atoms with Gasteiger partial charge in [0.05, 0.1) is 5.02 Å². The Hall–Kier alpha value is -0.530. The molecule has 0 saturated heterocycles. The molecule has 0 aromatic heterocycles. The van der Waals surface area contributed by atoms with Crippen LogP contribution in [0.5, 0.6) is 0 Å². The Kier molecular flexibility index (Phi) is 2.53. The van der Waals surface area contributed by atoms with Gasteiger partial charge >= 0.3 is 0 Å². The second kappa shape index (κ2) is 3.24. The Balaban J connectivity index is 3.35. The van der Waals surface area contributed by atoms with E-state index in [1.807, 2.05) is 0 Å². The van der Waals surface area contributed by atoms with Gasteiger partial charge in [0.1, 0.15) is 5.82 Å². The molecule has 0 bridgehead atoms. The average Bonchev–Trinajstić information content (AvgIpc) is 1.96. The Labute approximate surface area is 74.2 Å². The van der Waals surface area contributed by atoms with E-state index in [9.17, 15) is 4.39 Å². The molecule has 0 amide bonds. The van der Waals surface area contributed by atoms with E-state index in [0.717, 1.165) is 0 Å². The van der Waals surface area contributed by atoms with Crippen LogP contribution in [-0.2, 0) is 0 Å². The van der Waals surface area contributed by atoms with E-state index in [-0.39, 0.29) is 5.02 Å². The van der Waals surface area contributed by atoms with Crippen molar-refractivity contribution in [3.8, 4) is 0 Å². The highest BCUT2D eigenvalue weighted by atomic mass is 35.5. The van der Waals surface area contributed by atoms with Crippen LogP contribution in [0.15, 0.2) is 18.7 Å². The van der Waals surface area contributed by atoms with Crippen molar-refractivity contribution in [2.45, 2.75) is 0 Å². The van der Waals surface area contributed by atoms with E-state index < -0.39 is 5.82 Å². The second-order valence-electron chi connectivity index (χ2n) is 1.99. The van der Waals surface area contributed by atoms with Crippen molar-refractivity contribution in [3.63, 3.8) is 0 Å². The molecule has 0 fully saturated rings. The highest BCUT2D eigenvalue weighted by molar-refractivity contribution is 6.34. The van der Waals surface area contributed by atoms with Gasteiger partial charge in [-0.1, -0.05) is 35.9 Å². The van der Waals surface area contributed by atoms with E-state index in [1.165, 1.54) is 18.2 Å². The predicted octanol–water partition coefficient (Wildman–Crippen LogP) is 3.78. The normalized spacial score (nSPS) is 9.73. The molecule has 0 N–H and O–H groups in total. The zero-order valence-electron chi connectivity index (χ0n) is 5.57. The maximum absolute atomic E-state index is 12.9. The van der Waals surface area contributed by atoms with Gasteiger partial charge in [0.2, 0.25) is 0 Å². The summed E-state index contributed by atoms with van der Waals surface area (Å²) in [6.45, 7) is 3.42. The Bertz CT molecular complexity index is 294. The van der Waals surface area contributed by atoms with E-state index >= 15 is 0 Å². The first-order valence-corrected chi connectivity index (χ1v) is 3.67. The van der Waals surface area contributed by atoms with Gasteiger partial charge in [-0.05, 0) is 12.1 Å². The van der Waals surface area contributed by atoms with Crippen LogP contribution in [0.25, 0.3) is 6.08 Å². The molecule has 0 atom stereocenters. The van der Waals surface area contributed by atoms with Gasteiger partial charge in [-0.25, -0.2) is 4.39 Å². The van der Waals surface area contributed by atoms with Gasteiger partial charge in [-0.3, -0.25) is 0 Å². The van der Waals surface area contributed by atoms with Crippen molar-refractivity contribution in [1.82, 2.24) is 0 Å². The number of rotatable bonds is 1. The predicted molar refractivity (Wildman–Crippen MR) is 46.5 cm³/mol. The van der Waals surface area contributed by atoms with E-state index in [4.69, 9.17) is 23.2 Å². The quantitative estimate of drug-likeness (QED) is 0.592. The molecule has 0 saturated carbocycles. The minimum atomic E-state index is -0.480. The van der Waals surface area contributed by atoms with Crippen LogP contribution in [0.3, 0.4) is 0 Å². The molecule has 0 nitrogen and oxygen atoms in total. The highest BCUT2D eigenvalue weighted by Gasteiger charge is 2.04. The van der Waals surface area contributed by atoms with Crippen LogP contribution in [0.4, 0.5) is 4.39 Å². The SMILES string of the molecule is C=Cc1cc(Cl)cc(Cl)c1F. The summed E-state index contributed by atoms with van der Waals surface area (Å²) in [5.74, 6) is -0.480. The second-order valence-corrected chi connectivity index (χ2v) is 2.84. The van der Waals surface area contributed by atoms with E-state index in [2.05, 4.69) is 6.58 Å². The first kappa shape index (κ1) is 8.57. The Morgan fingerprint density at radius 1 is 1.36 bits per heavy atom. The third-order valence-electron chi connectivity index (χ3n) is 1.24. The lowest BCUT2D eigenvalue weighted by Crippen LogP contribution is -1.82. The zero-order valence-corrected chi connectivity index (χ0v) is 7.08. The molecule has 0 aliphatic heterocycles. The molecule has 0 heterocycles. The van der Waals surface area contributed by atoms with E-state index in [0.29, 0.717) is 10.6 Å². The van der Waals surface area contributed by atoms with Crippen LogP contribution >= 0.6 is 23.2 Å². The smallest absolute Gasteiger partial charge is 0.149 e. The molecular formula is C8H5Cl2F. The van der Waals surface area contributed by atoms with Gasteiger partial charge in [-0.2, -0.15) is 0 Å². The maximum Gasteiger partial charge on any atom is 0.149 e. The zero-order chi connectivity index (χ0) is 8.43. The summed E-state index contributed by atoms with van der Waals surface area (Å²) in [6.07, 6.45) is 1.37. The monoisotopic (exact) mass is 190 g/mol. The van der Waals surface area contributed by atoms with Gasteiger partial charge in [0.15, 0.2) is 0 Å². The topological polar surface area (TPSA) is 0 Å². The fourth-order valence-corrected chi connectivity index (χ4v) is 1.23. The number of hydrogen-bond acceptors (Lipinski definition) is 0. The summed E-state index contributed by atoms with van der Waals surface area (Å²) in [7, 11) is 0. The van der Waals surface area contributed by atoms with Crippen molar-refractivity contribution >= 4 is 29.3 Å². The summed E-state index contributed by atoms with van der Waals surface area (Å²) in [6, 6.07) is 2.82. The molecule has 58 valence electrons. The highest BCUT2D eigenvalue weighted by Crippen LogP contribution is 2.24.